The third-order valence-electron chi connectivity index (χ3n) is 2.52. The van der Waals surface area contributed by atoms with E-state index < -0.39 is 11.8 Å². The van der Waals surface area contributed by atoms with Crippen molar-refractivity contribution in [2.75, 3.05) is 25.0 Å². The highest BCUT2D eigenvalue weighted by molar-refractivity contribution is 9.10. The summed E-state index contributed by atoms with van der Waals surface area (Å²) in [6, 6.07) is 4.09. The van der Waals surface area contributed by atoms with E-state index in [4.69, 9.17) is 0 Å². The van der Waals surface area contributed by atoms with Gasteiger partial charge in [0.15, 0.2) is 0 Å². The first kappa shape index (κ1) is 12.8. The molecule has 2 N–H and O–H groups in total. The van der Waals surface area contributed by atoms with Gasteiger partial charge in [-0.1, -0.05) is 15.9 Å². The highest BCUT2D eigenvalue weighted by Crippen LogP contribution is 2.19. The Hall–Kier alpha value is -1.63. The number of carbonyl (C=O) groups excluding carboxylic acids is 2. The number of nitrogens with zero attached hydrogens (tertiary/aromatic N) is 1. The maximum Gasteiger partial charge on any atom is 0.324 e. The lowest BCUT2D eigenvalue weighted by molar-refractivity contribution is -0.125. The molecule has 5 nitrogen and oxygen atoms in total. The van der Waals surface area contributed by atoms with Crippen molar-refractivity contribution < 1.29 is 14.0 Å². The van der Waals surface area contributed by atoms with Crippen molar-refractivity contribution in [2.24, 2.45) is 0 Å². The maximum absolute atomic E-state index is 13.5. The van der Waals surface area contributed by atoms with Crippen LogP contribution in [0, 0.1) is 5.82 Å². The molecule has 0 aliphatic carbocycles. The van der Waals surface area contributed by atoms with Crippen LogP contribution in [-0.2, 0) is 4.79 Å². The number of hydrogen-bond acceptors (Lipinski definition) is 3. The fourth-order valence-corrected chi connectivity index (χ4v) is 1.94. The molecule has 1 aliphatic heterocycles. The minimum Gasteiger partial charge on any atom is -0.374 e. The SMILES string of the molecule is O=C(CNc1ccc(Br)cc1F)N1CCNC1=O. The summed E-state index contributed by atoms with van der Waals surface area (Å²) in [5, 5.41) is 5.20. The van der Waals surface area contributed by atoms with Crippen molar-refractivity contribution in [2.45, 2.75) is 0 Å². The predicted octanol–water partition coefficient (Wildman–Crippen LogP) is 1.55. The molecular formula is C11H11BrFN3O2. The monoisotopic (exact) mass is 315 g/mol. The lowest BCUT2D eigenvalue weighted by Crippen LogP contribution is -2.38. The van der Waals surface area contributed by atoms with Gasteiger partial charge >= 0.3 is 6.03 Å². The minimum atomic E-state index is -0.456. The van der Waals surface area contributed by atoms with Crippen LogP contribution in [0.5, 0.6) is 0 Å². The Morgan fingerprint density at radius 3 is 2.94 bits per heavy atom. The molecule has 1 fully saturated rings. The van der Waals surface area contributed by atoms with Crippen LogP contribution < -0.4 is 10.6 Å². The first-order chi connectivity index (χ1) is 8.58. The average molecular weight is 316 g/mol. The number of nitrogens with one attached hydrogen (secondary N) is 2. The van der Waals surface area contributed by atoms with Gasteiger partial charge in [0, 0.05) is 17.6 Å². The molecule has 0 saturated carbocycles. The van der Waals surface area contributed by atoms with Gasteiger partial charge in [-0.25, -0.2) is 9.18 Å². The number of anilines is 1. The Kier molecular flexibility index (Phi) is 3.81. The van der Waals surface area contributed by atoms with E-state index in [2.05, 4.69) is 26.6 Å². The molecule has 1 aliphatic rings. The summed E-state index contributed by atoms with van der Waals surface area (Å²) in [5.41, 5.74) is 0.228. The van der Waals surface area contributed by atoms with Crippen molar-refractivity contribution in [3.8, 4) is 0 Å². The molecule has 0 aromatic heterocycles. The summed E-state index contributed by atoms with van der Waals surface area (Å²) >= 11 is 3.14. The molecule has 3 amide bonds. The van der Waals surface area contributed by atoms with Gasteiger partial charge in [0.25, 0.3) is 0 Å². The summed E-state index contributed by atoms with van der Waals surface area (Å²) in [6.07, 6.45) is 0. The van der Waals surface area contributed by atoms with Crippen molar-refractivity contribution in [3.05, 3.63) is 28.5 Å². The fourth-order valence-electron chi connectivity index (χ4n) is 1.61. The van der Waals surface area contributed by atoms with Gasteiger partial charge in [-0.05, 0) is 18.2 Å². The summed E-state index contributed by atoms with van der Waals surface area (Å²) in [6.45, 7) is 0.686. The third kappa shape index (κ3) is 2.79. The smallest absolute Gasteiger partial charge is 0.324 e. The molecule has 0 bridgehead atoms. The number of rotatable bonds is 3. The van der Waals surface area contributed by atoms with E-state index in [1.807, 2.05) is 0 Å². The number of halogens is 2. The van der Waals surface area contributed by atoms with E-state index in [0.717, 1.165) is 4.90 Å². The van der Waals surface area contributed by atoms with Gasteiger partial charge in [-0.2, -0.15) is 0 Å². The van der Waals surface area contributed by atoms with Gasteiger partial charge < -0.3 is 10.6 Å². The standard InChI is InChI=1S/C11H11BrFN3O2/c12-7-1-2-9(8(13)5-7)15-6-10(17)16-4-3-14-11(16)18/h1-2,5,15H,3-4,6H2,(H,14,18). The molecule has 1 aromatic rings. The number of hydrogen-bond donors (Lipinski definition) is 2. The minimum absolute atomic E-state index is 0.119. The number of benzene rings is 1. The van der Waals surface area contributed by atoms with Crippen LogP contribution in [-0.4, -0.2) is 36.5 Å². The second-order valence-electron chi connectivity index (χ2n) is 3.76. The van der Waals surface area contributed by atoms with Gasteiger partial charge in [-0.3, -0.25) is 9.69 Å². The molecule has 96 valence electrons. The van der Waals surface area contributed by atoms with Crippen LogP contribution in [0.2, 0.25) is 0 Å². The molecule has 18 heavy (non-hydrogen) atoms. The molecule has 0 unspecified atom stereocenters. The number of imide groups is 1. The van der Waals surface area contributed by atoms with E-state index in [1.165, 1.54) is 12.1 Å². The zero-order valence-corrected chi connectivity index (χ0v) is 11.0. The van der Waals surface area contributed by atoms with Crippen molar-refractivity contribution in [1.29, 1.82) is 0 Å². The molecule has 1 heterocycles. The number of urea groups is 1. The first-order valence-corrected chi connectivity index (χ1v) is 6.14. The van der Waals surface area contributed by atoms with Gasteiger partial charge in [0.05, 0.1) is 12.2 Å². The number of carbonyl (C=O) groups is 2. The highest BCUT2D eigenvalue weighted by atomic mass is 79.9. The maximum atomic E-state index is 13.5. The lowest BCUT2D eigenvalue weighted by Gasteiger charge is -2.13. The van der Waals surface area contributed by atoms with E-state index in [9.17, 15) is 14.0 Å². The normalized spacial score (nSPS) is 14.6. The zero-order chi connectivity index (χ0) is 13.1. The van der Waals surface area contributed by atoms with Gasteiger partial charge in [0.1, 0.15) is 5.82 Å². The Bertz CT molecular complexity index is 495. The molecule has 1 aromatic carbocycles. The lowest BCUT2D eigenvalue weighted by atomic mass is 10.3. The Balaban J connectivity index is 1.95. The largest absolute Gasteiger partial charge is 0.374 e. The van der Waals surface area contributed by atoms with Crippen LogP contribution in [0.4, 0.5) is 14.9 Å². The van der Waals surface area contributed by atoms with E-state index >= 15 is 0 Å². The second kappa shape index (κ2) is 5.34. The summed E-state index contributed by atoms with van der Waals surface area (Å²) < 4.78 is 14.1. The fraction of sp³-hybridized carbons (Fsp3) is 0.273. The average Bonchev–Trinajstić information content (AvgIpc) is 2.74. The second-order valence-corrected chi connectivity index (χ2v) is 4.67. The molecule has 7 heteroatoms. The van der Waals surface area contributed by atoms with Crippen LogP contribution >= 0.6 is 15.9 Å². The molecule has 2 rings (SSSR count). The quantitative estimate of drug-likeness (QED) is 0.889. The Labute approximate surface area is 111 Å². The molecular weight excluding hydrogens is 305 g/mol. The summed E-state index contributed by atoms with van der Waals surface area (Å²) in [4.78, 5) is 24.0. The summed E-state index contributed by atoms with van der Waals surface area (Å²) in [5.74, 6) is -0.838. The van der Waals surface area contributed by atoms with Crippen LogP contribution in [0.3, 0.4) is 0 Å². The van der Waals surface area contributed by atoms with Crippen LogP contribution in [0.25, 0.3) is 0 Å². The topological polar surface area (TPSA) is 61.4 Å². The van der Waals surface area contributed by atoms with Gasteiger partial charge in [-0.15, -0.1) is 0 Å². The van der Waals surface area contributed by atoms with Crippen molar-refractivity contribution >= 4 is 33.6 Å². The van der Waals surface area contributed by atoms with Crippen molar-refractivity contribution in [1.82, 2.24) is 10.2 Å². The van der Waals surface area contributed by atoms with E-state index in [0.29, 0.717) is 17.6 Å². The molecule has 0 atom stereocenters. The van der Waals surface area contributed by atoms with Crippen molar-refractivity contribution in [3.63, 3.8) is 0 Å². The summed E-state index contributed by atoms with van der Waals surface area (Å²) in [7, 11) is 0. The highest BCUT2D eigenvalue weighted by Gasteiger charge is 2.25. The molecule has 0 radical (unpaired) electrons. The zero-order valence-electron chi connectivity index (χ0n) is 9.37. The van der Waals surface area contributed by atoms with E-state index in [1.54, 1.807) is 6.07 Å². The molecule has 0 spiro atoms. The van der Waals surface area contributed by atoms with Gasteiger partial charge in [0.2, 0.25) is 5.91 Å². The van der Waals surface area contributed by atoms with Crippen LogP contribution in [0.15, 0.2) is 22.7 Å². The molecule has 1 saturated heterocycles. The Morgan fingerprint density at radius 2 is 2.33 bits per heavy atom. The third-order valence-corrected chi connectivity index (χ3v) is 3.01. The Morgan fingerprint density at radius 1 is 1.56 bits per heavy atom. The van der Waals surface area contributed by atoms with Crippen LogP contribution in [0.1, 0.15) is 0 Å². The predicted molar refractivity (Wildman–Crippen MR) is 67.7 cm³/mol. The first-order valence-electron chi connectivity index (χ1n) is 5.35. The number of amides is 3. The van der Waals surface area contributed by atoms with E-state index in [-0.39, 0.29) is 18.1 Å².